The van der Waals surface area contributed by atoms with Gasteiger partial charge in [0.1, 0.15) is 5.78 Å². The third kappa shape index (κ3) is 6.39. The highest BCUT2D eigenvalue weighted by Gasteiger charge is 2.39. The van der Waals surface area contributed by atoms with Crippen molar-refractivity contribution < 1.29 is 19.4 Å². The van der Waals surface area contributed by atoms with Crippen LogP contribution in [0.15, 0.2) is 24.3 Å². The van der Waals surface area contributed by atoms with Crippen molar-refractivity contribution in [2.75, 3.05) is 13.7 Å². The summed E-state index contributed by atoms with van der Waals surface area (Å²) in [6.45, 7) is 7.89. The lowest BCUT2D eigenvalue weighted by molar-refractivity contribution is -0.136. The summed E-state index contributed by atoms with van der Waals surface area (Å²) in [7, 11) is 1.67. The average Bonchev–Trinajstić information content (AvgIpc) is 2.71. The highest BCUT2D eigenvalue weighted by molar-refractivity contribution is 5.88. The molecule has 0 saturated carbocycles. The quantitative estimate of drug-likeness (QED) is 0.565. The van der Waals surface area contributed by atoms with Crippen LogP contribution in [-0.4, -0.2) is 36.6 Å². The first kappa shape index (κ1) is 24.5. The lowest BCUT2D eigenvalue weighted by Crippen LogP contribution is -2.44. The Labute approximate surface area is 181 Å². The molecule has 1 aliphatic rings. The maximum Gasteiger partial charge on any atom is 0.224 e. The molecule has 168 valence electrons. The molecule has 5 nitrogen and oxygen atoms in total. The molecule has 3 unspecified atom stereocenters. The normalized spacial score (nSPS) is 19.5. The molecule has 4 atom stereocenters. The van der Waals surface area contributed by atoms with Gasteiger partial charge in [-0.05, 0) is 55.6 Å². The molecule has 0 aromatic heterocycles. The Morgan fingerprint density at radius 3 is 2.63 bits per heavy atom. The Morgan fingerprint density at radius 2 is 1.97 bits per heavy atom. The summed E-state index contributed by atoms with van der Waals surface area (Å²) in [6.07, 6.45) is 4.30. The number of aliphatic hydroxyl groups is 1. The van der Waals surface area contributed by atoms with Crippen molar-refractivity contribution in [3.63, 3.8) is 0 Å². The van der Waals surface area contributed by atoms with Crippen molar-refractivity contribution in [3.05, 3.63) is 35.4 Å². The second kappa shape index (κ2) is 11.1. The van der Waals surface area contributed by atoms with E-state index in [1.807, 2.05) is 39.8 Å². The third-order valence-electron chi connectivity index (χ3n) is 6.68. The Balaban J connectivity index is 2.22. The number of benzene rings is 1. The van der Waals surface area contributed by atoms with Gasteiger partial charge in [-0.3, -0.25) is 9.59 Å². The number of hydrogen-bond acceptors (Lipinski definition) is 4. The summed E-state index contributed by atoms with van der Waals surface area (Å²) in [5, 5.41) is 12.5. The van der Waals surface area contributed by atoms with Crippen molar-refractivity contribution in [1.82, 2.24) is 5.32 Å². The van der Waals surface area contributed by atoms with Crippen LogP contribution in [0, 0.1) is 17.3 Å². The molecule has 1 aliphatic carbocycles. The number of rotatable bonds is 11. The van der Waals surface area contributed by atoms with Gasteiger partial charge in [0, 0.05) is 26.1 Å². The molecule has 5 heteroatoms. The highest BCUT2D eigenvalue weighted by atomic mass is 16.5. The van der Waals surface area contributed by atoms with Gasteiger partial charge in [0.25, 0.3) is 0 Å². The van der Waals surface area contributed by atoms with E-state index in [4.69, 9.17) is 4.74 Å². The molecule has 0 bridgehead atoms. The van der Waals surface area contributed by atoms with Gasteiger partial charge in [-0.1, -0.05) is 45.0 Å². The van der Waals surface area contributed by atoms with Crippen LogP contribution in [-0.2, 0) is 20.7 Å². The second-order valence-electron chi connectivity index (χ2n) is 9.53. The van der Waals surface area contributed by atoms with E-state index in [2.05, 4.69) is 17.4 Å². The van der Waals surface area contributed by atoms with Gasteiger partial charge in [-0.25, -0.2) is 0 Å². The first-order chi connectivity index (χ1) is 14.2. The van der Waals surface area contributed by atoms with Crippen LogP contribution in [0.5, 0.6) is 0 Å². The first-order valence-corrected chi connectivity index (χ1v) is 11.2. The van der Waals surface area contributed by atoms with E-state index in [0.29, 0.717) is 12.8 Å². The third-order valence-corrected chi connectivity index (χ3v) is 6.68. The number of amides is 1. The number of ether oxygens (including phenoxy) is 1. The minimum atomic E-state index is -0.446. The van der Waals surface area contributed by atoms with E-state index in [1.54, 1.807) is 7.11 Å². The van der Waals surface area contributed by atoms with Gasteiger partial charge < -0.3 is 15.2 Å². The number of ketones is 1. The fourth-order valence-electron chi connectivity index (χ4n) is 4.62. The lowest BCUT2D eigenvalue weighted by Gasteiger charge is -2.37. The summed E-state index contributed by atoms with van der Waals surface area (Å²) in [6, 6.07) is 8.29. The minimum Gasteiger partial charge on any atom is -0.396 e. The smallest absolute Gasteiger partial charge is 0.224 e. The van der Waals surface area contributed by atoms with E-state index in [9.17, 15) is 14.7 Å². The van der Waals surface area contributed by atoms with Crippen molar-refractivity contribution in [2.24, 2.45) is 17.3 Å². The summed E-state index contributed by atoms with van der Waals surface area (Å²) >= 11 is 0. The molecule has 2 N–H and O–H groups in total. The monoisotopic (exact) mass is 417 g/mol. The number of carbonyl (C=O) groups excluding carboxylic acids is 2. The maximum absolute atomic E-state index is 13.5. The molecule has 30 heavy (non-hydrogen) atoms. The van der Waals surface area contributed by atoms with Crippen LogP contribution < -0.4 is 5.32 Å². The summed E-state index contributed by atoms with van der Waals surface area (Å²) in [4.78, 5) is 26.3. The number of carbonyl (C=O) groups is 2. The molecular formula is C25H39NO4. The summed E-state index contributed by atoms with van der Waals surface area (Å²) in [5.41, 5.74) is 2.09. The molecule has 1 aromatic rings. The molecule has 0 heterocycles. The molecule has 0 spiro atoms. The molecule has 0 saturated heterocycles. The molecule has 0 fully saturated rings. The maximum atomic E-state index is 13.5. The number of Topliss-reactive ketones (excluding diaryl/α,β-unsaturated/α-hetero) is 1. The van der Waals surface area contributed by atoms with Crippen LogP contribution in [0.3, 0.4) is 0 Å². The largest absolute Gasteiger partial charge is 0.396 e. The molecule has 0 aliphatic heterocycles. The molecule has 2 rings (SSSR count). The SMILES string of the molecule is COC(C)CC(C)(C)C(CC(=O)[C@@H](C)CCO)C(=O)NC1CCCc2ccccc21. The summed E-state index contributed by atoms with van der Waals surface area (Å²) in [5.74, 6) is -0.727. The number of aliphatic hydroxyl groups excluding tert-OH is 1. The van der Waals surface area contributed by atoms with Gasteiger partial charge >= 0.3 is 0 Å². The molecular weight excluding hydrogens is 378 g/mol. The molecule has 1 aromatic carbocycles. The fraction of sp³-hybridized carbons (Fsp3) is 0.680. The topological polar surface area (TPSA) is 75.6 Å². The van der Waals surface area contributed by atoms with Gasteiger partial charge in [0.15, 0.2) is 0 Å². The minimum absolute atomic E-state index is 0.00401. The fourth-order valence-corrected chi connectivity index (χ4v) is 4.62. The van der Waals surface area contributed by atoms with Crippen molar-refractivity contribution in [3.8, 4) is 0 Å². The molecule has 1 amide bonds. The second-order valence-corrected chi connectivity index (χ2v) is 9.53. The number of fused-ring (bicyclic) bond motifs is 1. The number of methoxy groups -OCH3 is 1. The van der Waals surface area contributed by atoms with Gasteiger partial charge in [0.2, 0.25) is 5.91 Å². The Kier molecular flexibility index (Phi) is 9.05. The standard InChI is InChI=1S/C25H39NO4/c1-17(13-14-27)23(28)15-21(25(3,4)16-18(2)30-5)24(29)26-22-12-8-10-19-9-6-7-11-20(19)22/h6-7,9,11,17-18,21-22,27H,8,10,12-16H2,1-5H3,(H,26,29)/t17-,18?,21?,22?/m0/s1. The van der Waals surface area contributed by atoms with Crippen LogP contribution in [0.4, 0.5) is 0 Å². The summed E-state index contributed by atoms with van der Waals surface area (Å²) < 4.78 is 5.45. The van der Waals surface area contributed by atoms with E-state index in [1.165, 1.54) is 11.1 Å². The number of nitrogens with one attached hydrogen (secondary N) is 1. The van der Waals surface area contributed by atoms with Crippen molar-refractivity contribution >= 4 is 11.7 Å². The zero-order valence-corrected chi connectivity index (χ0v) is 19.2. The van der Waals surface area contributed by atoms with Crippen molar-refractivity contribution in [1.29, 1.82) is 0 Å². The lowest BCUT2D eigenvalue weighted by atomic mass is 9.71. The van der Waals surface area contributed by atoms with E-state index < -0.39 is 11.3 Å². The van der Waals surface area contributed by atoms with E-state index >= 15 is 0 Å². The molecule has 0 radical (unpaired) electrons. The zero-order chi connectivity index (χ0) is 22.3. The average molecular weight is 418 g/mol. The Hall–Kier alpha value is -1.72. The Bertz CT molecular complexity index is 715. The van der Waals surface area contributed by atoms with Gasteiger partial charge in [0.05, 0.1) is 18.1 Å². The van der Waals surface area contributed by atoms with Crippen LogP contribution in [0.2, 0.25) is 0 Å². The number of hydrogen-bond donors (Lipinski definition) is 2. The van der Waals surface area contributed by atoms with Gasteiger partial charge in [-0.2, -0.15) is 0 Å². The Morgan fingerprint density at radius 1 is 1.27 bits per heavy atom. The van der Waals surface area contributed by atoms with Crippen LogP contribution >= 0.6 is 0 Å². The highest BCUT2D eigenvalue weighted by Crippen LogP contribution is 2.37. The van der Waals surface area contributed by atoms with Crippen molar-refractivity contribution in [2.45, 2.75) is 78.4 Å². The predicted octanol–water partition coefficient (Wildman–Crippen LogP) is 4.23. The number of aryl methyl sites for hydroxylation is 1. The van der Waals surface area contributed by atoms with E-state index in [-0.39, 0.29) is 42.8 Å². The van der Waals surface area contributed by atoms with E-state index in [0.717, 1.165) is 19.3 Å². The predicted molar refractivity (Wildman–Crippen MR) is 119 cm³/mol. The van der Waals surface area contributed by atoms with Crippen LogP contribution in [0.1, 0.15) is 77.0 Å². The van der Waals surface area contributed by atoms with Gasteiger partial charge in [-0.15, -0.1) is 0 Å². The van der Waals surface area contributed by atoms with Crippen LogP contribution in [0.25, 0.3) is 0 Å². The zero-order valence-electron chi connectivity index (χ0n) is 19.2. The first-order valence-electron chi connectivity index (χ1n) is 11.2.